The first-order valence-corrected chi connectivity index (χ1v) is 7.11. The van der Waals surface area contributed by atoms with Gasteiger partial charge in [0.1, 0.15) is 0 Å². The molecule has 2 aromatic rings. The van der Waals surface area contributed by atoms with Crippen LogP contribution in [0.4, 0.5) is 0 Å². The van der Waals surface area contributed by atoms with E-state index < -0.39 is 0 Å². The average Bonchev–Trinajstić information content (AvgIpc) is 2.48. The molecule has 0 saturated heterocycles. The second-order valence-corrected chi connectivity index (χ2v) is 5.26. The number of likely N-dealkylation sites (N-methyl/N-ethyl adjacent to an activating group) is 1. The van der Waals surface area contributed by atoms with E-state index in [0.717, 1.165) is 19.5 Å². The summed E-state index contributed by atoms with van der Waals surface area (Å²) in [6, 6.07) is 12.7. The fourth-order valence-corrected chi connectivity index (χ4v) is 2.31. The molecule has 1 atom stereocenters. The van der Waals surface area contributed by atoms with Crippen LogP contribution < -0.4 is 5.73 Å². The third-order valence-corrected chi connectivity index (χ3v) is 3.50. The van der Waals surface area contributed by atoms with Gasteiger partial charge in [-0.25, -0.2) is 0 Å². The van der Waals surface area contributed by atoms with Gasteiger partial charge in [0.25, 0.3) is 0 Å². The molecule has 1 aromatic heterocycles. The number of aromatic nitrogens is 1. The summed E-state index contributed by atoms with van der Waals surface area (Å²) in [7, 11) is 2.09. The average molecular weight is 269 g/mol. The third-order valence-electron chi connectivity index (χ3n) is 3.50. The molecule has 0 aliphatic rings. The summed E-state index contributed by atoms with van der Waals surface area (Å²) in [5.41, 5.74) is 10.0. The quantitative estimate of drug-likeness (QED) is 0.877. The lowest BCUT2D eigenvalue weighted by Gasteiger charge is -2.21. The molecule has 0 fully saturated rings. The van der Waals surface area contributed by atoms with Gasteiger partial charge in [0.05, 0.1) is 0 Å². The first-order chi connectivity index (χ1) is 9.69. The van der Waals surface area contributed by atoms with Crippen molar-refractivity contribution in [2.24, 2.45) is 5.73 Å². The standard InChI is InChI=1S/C17H23N3/c1-3-14-6-8-16(9-7-14)17(18)13-20(2)12-15-5-4-10-19-11-15/h4-11,17H,3,12-13,18H2,1-2H3. The van der Waals surface area contributed by atoms with Crippen LogP contribution in [0.5, 0.6) is 0 Å². The largest absolute Gasteiger partial charge is 0.323 e. The SMILES string of the molecule is CCc1ccc(C(N)CN(C)Cc2cccnc2)cc1. The lowest BCUT2D eigenvalue weighted by molar-refractivity contribution is 0.305. The van der Waals surface area contributed by atoms with E-state index >= 15 is 0 Å². The molecule has 2 rings (SSSR count). The van der Waals surface area contributed by atoms with Gasteiger partial charge in [-0.05, 0) is 36.2 Å². The van der Waals surface area contributed by atoms with Crippen molar-refractivity contribution in [1.82, 2.24) is 9.88 Å². The zero-order chi connectivity index (χ0) is 14.4. The topological polar surface area (TPSA) is 42.1 Å². The number of hydrogen-bond acceptors (Lipinski definition) is 3. The monoisotopic (exact) mass is 269 g/mol. The highest BCUT2D eigenvalue weighted by atomic mass is 15.1. The summed E-state index contributed by atoms with van der Waals surface area (Å²) in [4.78, 5) is 6.37. The summed E-state index contributed by atoms with van der Waals surface area (Å²) >= 11 is 0. The lowest BCUT2D eigenvalue weighted by atomic mass is 10.0. The number of nitrogens with two attached hydrogens (primary N) is 1. The van der Waals surface area contributed by atoms with Crippen molar-refractivity contribution in [1.29, 1.82) is 0 Å². The van der Waals surface area contributed by atoms with Crippen molar-refractivity contribution in [2.75, 3.05) is 13.6 Å². The normalized spacial score (nSPS) is 12.6. The van der Waals surface area contributed by atoms with Crippen molar-refractivity contribution < 1.29 is 0 Å². The summed E-state index contributed by atoms with van der Waals surface area (Å²) in [6.45, 7) is 3.87. The maximum Gasteiger partial charge on any atom is 0.0424 e. The third kappa shape index (κ3) is 4.15. The van der Waals surface area contributed by atoms with Crippen LogP contribution in [0, 0.1) is 0 Å². The van der Waals surface area contributed by atoms with Crippen molar-refractivity contribution in [3.63, 3.8) is 0 Å². The van der Waals surface area contributed by atoms with Crippen molar-refractivity contribution in [3.05, 3.63) is 65.5 Å². The van der Waals surface area contributed by atoms with Crippen LogP contribution in [0.3, 0.4) is 0 Å². The molecule has 0 amide bonds. The lowest BCUT2D eigenvalue weighted by Crippen LogP contribution is -2.28. The van der Waals surface area contributed by atoms with Gasteiger partial charge in [-0.2, -0.15) is 0 Å². The maximum absolute atomic E-state index is 6.28. The number of pyridine rings is 1. The molecule has 3 nitrogen and oxygen atoms in total. The Kier molecular flexibility index (Phi) is 5.27. The molecule has 1 aromatic carbocycles. The first-order valence-electron chi connectivity index (χ1n) is 7.11. The minimum atomic E-state index is 0.0441. The highest BCUT2D eigenvalue weighted by Gasteiger charge is 2.09. The van der Waals surface area contributed by atoms with Gasteiger partial charge >= 0.3 is 0 Å². The van der Waals surface area contributed by atoms with Crippen LogP contribution in [-0.2, 0) is 13.0 Å². The number of rotatable bonds is 6. The van der Waals surface area contributed by atoms with Crippen LogP contribution in [0.15, 0.2) is 48.8 Å². The molecule has 1 heterocycles. The van der Waals surface area contributed by atoms with Gasteiger partial charge in [0, 0.05) is 31.5 Å². The minimum Gasteiger partial charge on any atom is -0.323 e. The molecule has 106 valence electrons. The minimum absolute atomic E-state index is 0.0441. The zero-order valence-corrected chi connectivity index (χ0v) is 12.3. The molecular formula is C17H23N3. The number of benzene rings is 1. The Labute approximate surface area is 121 Å². The van der Waals surface area contributed by atoms with E-state index in [2.05, 4.69) is 54.2 Å². The van der Waals surface area contributed by atoms with Crippen molar-refractivity contribution >= 4 is 0 Å². The van der Waals surface area contributed by atoms with Crippen molar-refractivity contribution in [2.45, 2.75) is 25.9 Å². The molecule has 0 saturated carbocycles. The molecule has 0 aliphatic carbocycles. The van der Waals surface area contributed by atoms with Gasteiger partial charge in [-0.15, -0.1) is 0 Å². The van der Waals surface area contributed by atoms with E-state index in [4.69, 9.17) is 5.73 Å². The molecule has 2 N–H and O–H groups in total. The van der Waals surface area contributed by atoms with Gasteiger partial charge in [0.2, 0.25) is 0 Å². The Bertz CT molecular complexity index is 508. The van der Waals surface area contributed by atoms with Crippen LogP contribution in [0.2, 0.25) is 0 Å². The summed E-state index contributed by atoms with van der Waals surface area (Å²) in [5.74, 6) is 0. The summed E-state index contributed by atoms with van der Waals surface area (Å²) in [6.07, 6.45) is 4.76. The van der Waals surface area contributed by atoms with Gasteiger partial charge in [0.15, 0.2) is 0 Å². The highest BCUT2D eigenvalue weighted by Crippen LogP contribution is 2.14. The predicted octanol–water partition coefficient (Wildman–Crippen LogP) is 2.78. The molecule has 0 bridgehead atoms. The van der Waals surface area contributed by atoms with E-state index in [1.54, 1.807) is 6.20 Å². The predicted molar refractivity (Wildman–Crippen MR) is 83.3 cm³/mol. The Balaban J connectivity index is 1.91. The smallest absolute Gasteiger partial charge is 0.0424 e. The second-order valence-electron chi connectivity index (χ2n) is 5.26. The summed E-state index contributed by atoms with van der Waals surface area (Å²) in [5, 5.41) is 0. The van der Waals surface area contributed by atoms with E-state index in [0.29, 0.717) is 0 Å². The Hall–Kier alpha value is -1.71. The van der Waals surface area contributed by atoms with Crippen LogP contribution in [0.25, 0.3) is 0 Å². The van der Waals surface area contributed by atoms with Crippen LogP contribution in [0.1, 0.15) is 29.7 Å². The summed E-state index contributed by atoms with van der Waals surface area (Å²) < 4.78 is 0. The number of aryl methyl sites for hydroxylation is 1. The molecular weight excluding hydrogens is 246 g/mol. The first kappa shape index (κ1) is 14.7. The Morgan fingerprint density at radius 2 is 1.90 bits per heavy atom. The van der Waals surface area contributed by atoms with E-state index in [1.165, 1.54) is 16.7 Å². The Morgan fingerprint density at radius 3 is 2.50 bits per heavy atom. The zero-order valence-electron chi connectivity index (χ0n) is 12.3. The van der Waals surface area contributed by atoms with Crippen molar-refractivity contribution in [3.8, 4) is 0 Å². The number of nitrogens with zero attached hydrogens (tertiary/aromatic N) is 2. The molecule has 20 heavy (non-hydrogen) atoms. The van der Waals surface area contributed by atoms with E-state index in [9.17, 15) is 0 Å². The Morgan fingerprint density at radius 1 is 1.15 bits per heavy atom. The van der Waals surface area contributed by atoms with Crippen LogP contribution in [-0.4, -0.2) is 23.5 Å². The molecule has 3 heteroatoms. The second kappa shape index (κ2) is 7.17. The fraction of sp³-hybridized carbons (Fsp3) is 0.353. The fourth-order valence-electron chi connectivity index (χ4n) is 2.31. The van der Waals surface area contributed by atoms with E-state index in [1.807, 2.05) is 12.3 Å². The van der Waals surface area contributed by atoms with Gasteiger partial charge in [-0.3, -0.25) is 4.98 Å². The molecule has 0 spiro atoms. The molecule has 1 unspecified atom stereocenters. The molecule has 0 aliphatic heterocycles. The maximum atomic E-state index is 6.28. The van der Waals surface area contributed by atoms with Gasteiger partial charge in [-0.1, -0.05) is 37.3 Å². The van der Waals surface area contributed by atoms with E-state index in [-0.39, 0.29) is 6.04 Å². The van der Waals surface area contributed by atoms with Gasteiger partial charge < -0.3 is 10.6 Å². The number of hydrogen-bond donors (Lipinski definition) is 1. The van der Waals surface area contributed by atoms with Crippen LogP contribution >= 0.6 is 0 Å². The highest BCUT2D eigenvalue weighted by molar-refractivity contribution is 5.25. The molecule has 0 radical (unpaired) electrons.